The number of allylic oxidation sites excluding steroid dienone is 1. The lowest BCUT2D eigenvalue weighted by Crippen LogP contribution is -2.58. The van der Waals surface area contributed by atoms with Crippen molar-refractivity contribution in [1.82, 2.24) is 0 Å². The average molecular weight is 500 g/mol. The number of ether oxygens (including phenoxy) is 2. The molecule has 0 radical (unpaired) electrons. The minimum Gasteiger partial charge on any atom is -0.462 e. The van der Waals surface area contributed by atoms with Crippen LogP contribution in [0.4, 0.5) is 0 Å². The molecule has 200 valence electrons. The first-order valence-electron chi connectivity index (χ1n) is 14.4. The number of rotatable bonds is 5. The van der Waals surface area contributed by atoms with Crippen LogP contribution in [-0.2, 0) is 28.4 Å². The van der Waals surface area contributed by atoms with Gasteiger partial charge in [0.15, 0.2) is 0 Å². The molecule has 0 unspecified atom stereocenters. The Morgan fingerprint density at radius 3 is 2.58 bits per heavy atom. The molecule has 7 heteroatoms. The fourth-order valence-corrected chi connectivity index (χ4v) is 9.39. The molecule has 6 nitrogen and oxygen atoms in total. The molecular weight excluding hydrogens is 455 g/mol. The topological polar surface area (TPSA) is 71.1 Å². The van der Waals surface area contributed by atoms with E-state index in [4.69, 9.17) is 18.8 Å². The van der Waals surface area contributed by atoms with Crippen molar-refractivity contribution in [3.63, 3.8) is 0 Å². The van der Waals surface area contributed by atoms with Crippen LogP contribution < -0.4 is 0 Å². The highest BCUT2D eigenvalue weighted by Crippen LogP contribution is 2.70. The standard InChI is InChI=1S/C29H45BO6/c1-7-8-15-30-35-18(2)29(36-30)17-25(34-20(4)32)26-23-10-9-21-16-22(33-19(3)31)11-13-27(21,5)24(23)12-14-28(26,29)6/h9,18,22-26H,7-8,10-17H2,1-6H3/t18-,22+,23-,24+,25-,26-,27+,28+,29+/m1/s1. The molecule has 5 rings (SSSR count). The van der Waals surface area contributed by atoms with Crippen LogP contribution in [0.15, 0.2) is 11.6 Å². The zero-order valence-corrected chi connectivity index (χ0v) is 23.1. The third-order valence-electron chi connectivity index (χ3n) is 11.0. The van der Waals surface area contributed by atoms with Gasteiger partial charge < -0.3 is 18.8 Å². The normalized spacial score (nSPS) is 45.5. The van der Waals surface area contributed by atoms with Gasteiger partial charge in [-0.1, -0.05) is 45.3 Å². The van der Waals surface area contributed by atoms with Gasteiger partial charge in [-0.05, 0) is 62.6 Å². The van der Waals surface area contributed by atoms with Gasteiger partial charge in [-0.15, -0.1) is 0 Å². The van der Waals surface area contributed by atoms with Gasteiger partial charge in [0.1, 0.15) is 12.2 Å². The molecule has 36 heavy (non-hydrogen) atoms. The van der Waals surface area contributed by atoms with Crippen LogP contribution in [0, 0.1) is 28.6 Å². The van der Waals surface area contributed by atoms with Crippen molar-refractivity contribution in [3.8, 4) is 0 Å². The number of carbonyl (C=O) groups excluding carboxylic acids is 2. The third kappa shape index (κ3) is 3.98. The SMILES string of the molecule is CCCCB1O[C@H](C)[C@]2(C[C@@H](OC(C)=O)[C@H]3[C@@H]4CC=C5C[C@@H](OC(C)=O)CC[C@]5(C)[C@H]4CC[C@@]32C)O1. The van der Waals surface area contributed by atoms with Crippen molar-refractivity contribution in [1.29, 1.82) is 0 Å². The molecule has 0 bridgehead atoms. The first-order valence-corrected chi connectivity index (χ1v) is 14.4. The summed E-state index contributed by atoms with van der Waals surface area (Å²) in [5, 5.41) is 0. The van der Waals surface area contributed by atoms with E-state index in [-0.39, 0.29) is 54.1 Å². The summed E-state index contributed by atoms with van der Waals surface area (Å²) in [6, 6.07) is 0. The molecule has 4 aliphatic carbocycles. The van der Waals surface area contributed by atoms with Gasteiger partial charge in [-0.2, -0.15) is 0 Å². The summed E-state index contributed by atoms with van der Waals surface area (Å²) in [5.41, 5.74) is 1.06. The number of carbonyl (C=O) groups is 2. The molecule has 0 amide bonds. The fraction of sp³-hybridized carbons (Fsp3) is 0.862. The van der Waals surface area contributed by atoms with Gasteiger partial charge in [0.05, 0.1) is 11.7 Å². The van der Waals surface area contributed by atoms with Gasteiger partial charge in [0.2, 0.25) is 0 Å². The Morgan fingerprint density at radius 1 is 1.14 bits per heavy atom. The smallest absolute Gasteiger partial charge is 0.457 e. The van der Waals surface area contributed by atoms with Crippen LogP contribution in [0.3, 0.4) is 0 Å². The minimum absolute atomic E-state index is 0.000664. The van der Waals surface area contributed by atoms with E-state index in [0.29, 0.717) is 11.8 Å². The number of fused-ring (bicyclic) bond motifs is 6. The van der Waals surface area contributed by atoms with Gasteiger partial charge in [-0.25, -0.2) is 0 Å². The van der Waals surface area contributed by atoms with Gasteiger partial charge >= 0.3 is 19.1 Å². The molecule has 1 saturated heterocycles. The third-order valence-corrected chi connectivity index (χ3v) is 11.0. The van der Waals surface area contributed by atoms with E-state index in [1.807, 2.05) is 0 Å². The Bertz CT molecular complexity index is 919. The lowest BCUT2D eigenvalue weighted by atomic mass is 9.46. The molecule has 9 atom stereocenters. The number of hydrogen-bond donors (Lipinski definition) is 0. The van der Waals surface area contributed by atoms with Crippen LogP contribution in [-0.4, -0.2) is 43.0 Å². The number of hydrogen-bond acceptors (Lipinski definition) is 6. The summed E-state index contributed by atoms with van der Waals surface area (Å²) in [6.45, 7) is 12.3. The molecular formula is C29H45BO6. The van der Waals surface area contributed by atoms with Gasteiger partial charge in [-0.3, -0.25) is 9.59 Å². The summed E-state index contributed by atoms with van der Waals surface area (Å²) in [7, 11) is -0.168. The summed E-state index contributed by atoms with van der Waals surface area (Å²) in [6.07, 6.45) is 12.1. The second-order valence-corrected chi connectivity index (χ2v) is 12.8. The molecule has 0 aromatic heterocycles. The second-order valence-electron chi connectivity index (χ2n) is 12.8. The Morgan fingerprint density at radius 2 is 1.89 bits per heavy atom. The lowest BCUT2D eigenvalue weighted by Gasteiger charge is -2.59. The zero-order valence-electron chi connectivity index (χ0n) is 23.1. The Balaban J connectivity index is 1.46. The van der Waals surface area contributed by atoms with E-state index in [1.54, 1.807) is 6.92 Å². The van der Waals surface area contributed by atoms with Crippen LogP contribution in [0.25, 0.3) is 0 Å². The Hall–Kier alpha value is -1.34. The van der Waals surface area contributed by atoms with E-state index >= 15 is 0 Å². The molecule has 0 aromatic rings. The van der Waals surface area contributed by atoms with E-state index in [9.17, 15) is 9.59 Å². The largest absolute Gasteiger partial charge is 0.462 e. The van der Waals surface area contributed by atoms with Crippen LogP contribution in [0.2, 0.25) is 6.32 Å². The zero-order chi connectivity index (χ0) is 25.9. The summed E-state index contributed by atoms with van der Waals surface area (Å²) in [4.78, 5) is 23.9. The van der Waals surface area contributed by atoms with Crippen LogP contribution in [0.1, 0.15) is 99.3 Å². The maximum atomic E-state index is 12.3. The molecule has 5 aliphatic rings. The maximum absolute atomic E-state index is 12.3. The second kappa shape index (κ2) is 9.45. The highest BCUT2D eigenvalue weighted by molar-refractivity contribution is 6.45. The quantitative estimate of drug-likeness (QED) is 0.267. The van der Waals surface area contributed by atoms with E-state index < -0.39 is 5.60 Å². The summed E-state index contributed by atoms with van der Waals surface area (Å²) < 4.78 is 25.1. The summed E-state index contributed by atoms with van der Waals surface area (Å²) >= 11 is 0. The van der Waals surface area contributed by atoms with Crippen molar-refractivity contribution in [2.45, 2.75) is 130 Å². The van der Waals surface area contributed by atoms with Crippen molar-refractivity contribution in [3.05, 3.63) is 11.6 Å². The molecule has 3 saturated carbocycles. The van der Waals surface area contributed by atoms with Gasteiger partial charge in [0, 0.05) is 38.0 Å². The first-order chi connectivity index (χ1) is 17.0. The Kier molecular flexibility index (Phi) is 6.90. The predicted molar refractivity (Wildman–Crippen MR) is 138 cm³/mol. The highest BCUT2D eigenvalue weighted by Gasteiger charge is 2.72. The fourth-order valence-electron chi connectivity index (χ4n) is 9.39. The lowest BCUT2D eigenvalue weighted by molar-refractivity contribution is -0.158. The number of esters is 2. The maximum Gasteiger partial charge on any atom is 0.457 e. The predicted octanol–water partition coefficient (Wildman–Crippen LogP) is 5.88. The molecule has 4 fully saturated rings. The highest BCUT2D eigenvalue weighted by atomic mass is 16.7. The molecule has 0 aromatic carbocycles. The van der Waals surface area contributed by atoms with Crippen LogP contribution >= 0.6 is 0 Å². The first kappa shape index (κ1) is 26.3. The van der Waals surface area contributed by atoms with Crippen molar-refractivity contribution in [2.75, 3.05) is 0 Å². The summed E-state index contributed by atoms with van der Waals surface area (Å²) in [5.74, 6) is 0.845. The van der Waals surface area contributed by atoms with E-state index in [1.165, 1.54) is 12.5 Å². The van der Waals surface area contributed by atoms with Crippen molar-refractivity contribution < 1.29 is 28.4 Å². The monoisotopic (exact) mass is 500 g/mol. The van der Waals surface area contributed by atoms with Crippen molar-refractivity contribution in [2.24, 2.45) is 28.6 Å². The van der Waals surface area contributed by atoms with E-state index in [0.717, 1.165) is 64.1 Å². The molecule has 1 heterocycles. The number of unbranched alkanes of at least 4 members (excludes halogenated alkanes) is 1. The molecule has 1 aliphatic heterocycles. The van der Waals surface area contributed by atoms with Crippen LogP contribution in [0.5, 0.6) is 0 Å². The average Bonchev–Trinajstić information content (AvgIpc) is 3.25. The van der Waals surface area contributed by atoms with Gasteiger partial charge in [0.25, 0.3) is 0 Å². The van der Waals surface area contributed by atoms with E-state index in [2.05, 4.69) is 33.8 Å². The molecule has 0 N–H and O–H groups in total. The molecule has 1 spiro atoms. The Labute approximate surface area is 217 Å². The minimum atomic E-state index is -0.418. The van der Waals surface area contributed by atoms with Crippen molar-refractivity contribution >= 4 is 19.1 Å².